The standard InChI is InChI=1S/C10H22NO3/c12-7-3-6-11(4-1-2-5-11)8-10(14)9-13/h10,12-14H,1-9H2/q+1. The normalized spacial score (nSPS) is 22.5. The second-order valence-electron chi connectivity index (χ2n) is 4.32. The Morgan fingerprint density at radius 1 is 1.14 bits per heavy atom. The maximum absolute atomic E-state index is 9.45. The highest BCUT2D eigenvalue weighted by Gasteiger charge is 2.33. The first kappa shape index (κ1) is 11.9. The van der Waals surface area contributed by atoms with Gasteiger partial charge in [0.05, 0.1) is 26.2 Å². The average Bonchev–Trinajstić information content (AvgIpc) is 2.64. The van der Waals surface area contributed by atoms with Crippen molar-refractivity contribution in [2.24, 2.45) is 0 Å². The number of quaternary nitrogens is 1. The predicted octanol–water partition coefficient (Wildman–Crippen LogP) is -0.667. The molecule has 84 valence electrons. The summed E-state index contributed by atoms with van der Waals surface area (Å²) in [6, 6.07) is 0. The summed E-state index contributed by atoms with van der Waals surface area (Å²) in [6.07, 6.45) is 2.58. The summed E-state index contributed by atoms with van der Waals surface area (Å²) >= 11 is 0. The molecule has 3 N–H and O–H groups in total. The summed E-state index contributed by atoms with van der Waals surface area (Å²) in [5.74, 6) is 0. The molecule has 0 amide bonds. The van der Waals surface area contributed by atoms with Crippen LogP contribution in [0.5, 0.6) is 0 Å². The first-order valence-corrected chi connectivity index (χ1v) is 5.47. The fraction of sp³-hybridized carbons (Fsp3) is 1.00. The number of likely N-dealkylation sites (tertiary alicyclic amines) is 1. The van der Waals surface area contributed by atoms with Crippen LogP contribution in [0.1, 0.15) is 19.3 Å². The van der Waals surface area contributed by atoms with Gasteiger partial charge in [0.1, 0.15) is 12.6 Å². The van der Waals surface area contributed by atoms with Crippen molar-refractivity contribution in [2.45, 2.75) is 25.4 Å². The maximum atomic E-state index is 9.45. The van der Waals surface area contributed by atoms with E-state index in [2.05, 4.69) is 0 Å². The summed E-state index contributed by atoms with van der Waals surface area (Å²) in [4.78, 5) is 0. The molecule has 14 heavy (non-hydrogen) atoms. The van der Waals surface area contributed by atoms with Gasteiger partial charge in [-0.05, 0) is 0 Å². The highest BCUT2D eigenvalue weighted by atomic mass is 16.3. The molecule has 1 fully saturated rings. The summed E-state index contributed by atoms with van der Waals surface area (Å²) < 4.78 is 0.877. The Labute approximate surface area is 85.4 Å². The lowest BCUT2D eigenvalue weighted by Crippen LogP contribution is -2.51. The van der Waals surface area contributed by atoms with E-state index in [0.717, 1.165) is 30.5 Å². The first-order chi connectivity index (χ1) is 6.72. The minimum Gasteiger partial charge on any atom is -0.396 e. The van der Waals surface area contributed by atoms with Crippen LogP contribution in [0.25, 0.3) is 0 Å². The molecule has 1 atom stereocenters. The zero-order valence-electron chi connectivity index (χ0n) is 8.73. The molecule has 0 spiro atoms. The number of aliphatic hydroxyl groups excluding tert-OH is 3. The van der Waals surface area contributed by atoms with E-state index >= 15 is 0 Å². The van der Waals surface area contributed by atoms with Crippen LogP contribution in [-0.4, -0.2) is 65.3 Å². The Kier molecular flexibility index (Phi) is 4.81. The van der Waals surface area contributed by atoms with Crippen LogP contribution in [0.2, 0.25) is 0 Å². The van der Waals surface area contributed by atoms with Gasteiger partial charge in [-0.1, -0.05) is 0 Å². The van der Waals surface area contributed by atoms with Crippen LogP contribution < -0.4 is 0 Å². The Morgan fingerprint density at radius 3 is 2.29 bits per heavy atom. The Balaban J connectivity index is 2.43. The van der Waals surface area contributed by atoms with Gasteiger partial charge in [0, 0.05) is 25.9 Å². The molecule has 0 aromatic heterocycles. The zero-order chi connectivity index (χ0) is 10.4. The van der Waals surface area contributed by atoms with Crippen LogP contribution >= 0.6 is 0 Å². The largest absolute Gasteiger partial charge is 0.396 e. The SMILES string of the molecule is OCCC[N+]1(CC(O)CO)CCCC1. The van der Waals surface area contributed by atoms with E-state index in [1.54, 1.807) is 0 Å². The van der Waals surface area contributed by atoms with Crippen LogP contribution in [0.15, 0.2) is 0 Å². The van der Waals surface area contributed by atoms with E-state index < -0.39 is 6.10 Å². The van der Waals surface area contributed by atoms with Crippen LogP contribution in [-0.2, 0) is 0 Å². The topological polar surface area (TPSA) is 60.7 Å². The molecule has 4 nitrogen and oxygen atoms in total. The van der Waals surface area contributed by atoms with Crippen molar-refractivity contribution < 1.29 is 19.8 Å². The average molecular weight is 204 g/mol. The molecule has 1 aliphatic rings. The monoisotopic (exact) mass is 204 g/mol. The zero-order valence-corrected chi connectivity index (χ0v) is 8.73. The molecular formula is C10H22NO3+. The molecule has 0 aliphatic carbocycles. The van der Waals surface area contributed by atoms with E-state index in [1.807, 2.05) is 0 Å². The van der Waals surface area contributed by atoms with Gasteiger partial charge >= 0.3 is 0 Å². The second-order valence-corrected chi connectivity index (χ2v) is 4.32. The van der Waals surface area contributed by atoms with E-state index in [-0.39, 0.29) is 13.2 Å². The Morgan fingerprint density at radius 2 is 1.79 bits per heavy atom. The summed E-state index contributed by atoms with van der Waals surface area (Å²) in [7, 11) is 0. The fourth-order valence-electron chi connectivity index (χ4n) is 2.41. The third-order valence-corrected chi connectivity index (χ3v) is 3.11. The molecule has 1 saturated heterocycles. The van der Waals surface area contributed by atoms with Gasteiger partial charge in [-0.15, -0.1) is 0 Å². The molecule has 0 aromatic rings. The number of hydrogen-bond donors (Lipinski definition) is 3. The number of rotatable bonds is 6. The van der Waals surface area contributed by atoms with Crippen molar-refractivity contribution in [1.29, 1.82) is 0 Å². The quantitative estimate of drug-likeness (QED) is 0.503. The molecule has 0 aromatic carbocycles. The van der Waals surface area contributed by atoms with Gasteiger partial charge in [0.2, 0.25) is 0 Å². The van der Waals surface area contributed by atoms with Crippen molar-refractivity contribution in [1.82, 2.24) is 0 Å². The summed E-state index contributed by atoms with van der Waals surface area (Å²) in [5.41, 5.74) is 0. The molecular weight excluding hydrogens is 182 g/mol. The number of hydrogen-bond acceptors (Lipinski definition) is 3. The van der Waals surface area contributed by atoms with Crippen molar-refractivity contribution in [2.75, 3.05) is 39.4 Å². The van der Waals surface area contributed by atoms with E-state index in [9.17, 15) is 5.11 Å². The highest BCUT2D eigenvalue weighted by molar-refractivity contribution is 4.60. The van der Waals surface area contributed by atoms with Gasteiger partial charge in [-0.25, -0.2) is 0 Å². The molecule has 1 heterocycles. The lowest BCUT2D eigenvalue weighted by atomic mass is 10.2. The van der Waals surface area contributed by atoms with Gasteiger partial charge in [0.15, 0.2) is 0 Å². The highest BCUT2D eigenvalue weighted by Crippen LogP contribution is 2.20. The molecule has 4 heteroatoms. The molecule has 1 rings (SSSR count). The minimum atomic E-state index is -0.605. The van der Waals surface area contributed by atoms with Crippen LogP contribution in [0, 0.1) is 0 Å². The van der Waals surface area contributed by atoms with E-state index in [4.69, 9.17) is 10.2 Å². The van der Waals surface area contributed by atoms with Gasteiger partial charge in [-0.2, -0.15) is 0 Å². The third-order valence-electron chi connectivity index (χ3n) is 3.11. The van der Waals surface area contributed by atoms with Crippen LogP contribution in [0.3, 0.4) is 0 Å². The van der Waals surface area contributed by atoms with Crippen molar-refractivity contribution in [3.05, 3.63) is 0 Å². The smallest absolute Gasteiger partial charge is 0.126 e. The first-order valence-electron chi connectivity index (χ1n) is 5.47. The summed E-state index contributed by atoms with van der Waals surface area (Å²) in [5, 5.41) is 27.1. The van der Waals surface area contributed by atoms with Gasteiger partial charge in [0.25, 0.3) is 0 Å². The minimum absolute atomic E-state index is 0.154. The molecule has 1 aliphatic heterocycles. The van der Waals surface area contributed by atoms with Crippen LogP contribution in [0.4, 0.5) is 0 Å². The predicted molar refractivity (Wildman–Crippen MR) is 53.8 cm³/mol. The fourth-order valence-corrected chi connectivity index (χ4v) is 2.41. The van der Waals surface area contributed by atoms with Crippen molar-refractivity contribution >= 4 is 0 Å². The molecule has 1 unspecified atom stereocenters. The van der Waals surface area contributed by atoms with E-state index in [1.165, 1.54) is 12.8 Å². The third kappa shape index (κ3) is 3.20. The molecule has 0 saturated carbocycles. The lowest BCUT2D eigenvalue weighted by molar-refractivity contribution is -0.919. The molecule has 0 radical (unpaired) electrons. The van der Waals surface area contributed by atoms with Gasteiger partial charge in [-0.3, -0.25) is 0 Å². The second kappa shape index (κ2) is 5.66. The van der Waals surface area contributed by atoms with Crippen molar-refractivity contribution in [3.8, 4) is 0 Å². The van der Waals surface area contributed by atoms with Crippen molar-refractivity contribution in [3.63, 3.8) is 0 Å². The Hall–Kier alpha value is -0.160. The molecule has 0 bridgehead atoms. The number of nitrogens with zero attached hydrogens (tertiary/aromatic N) is 1. The van der Waals surface area contributed by atoms with Gasteiger partial charge < -0.3 is 19.8 Å². The maximum Gasteiger partial charge on any atom is 0.126 e. The Bertz CT molecular complexity index is 157. The number of aliphatic hydroxyl groups is 3. The van der Waals surface area contributed by atoms with E-state index in [0.29, 0.717) is 6.54 Å². The summed E-state index contributed by atoms with van der Waals surface area (Å²) in [6.45, 7) is 3.78. The lowest BCUT2D eigenvalue weighted by Gasteiger charge is -2.35.